The lowest BCUT2D eigenvalue weighted by atomic mass is 10.2. The molecule has 1 fully saturated rings. The van der Waals surface area contributed by atoms with Gasteiger partial charge in [-0.05, 0) is 56.7 Å². The molecule has 1 amide bonds. The summed E-state index contributed by atoms with van der Waals surface area (Å²) in [6, 6.07) is 11.3. The summed E-state index contributed by atoms with van der Waals surface area (Å²) in [5.74, 6) is -0.425. The van der Waals surface area contributed by atoms with Crippen LogP contribution >= 0.6 is 11.6 Å². The SMILES string of the molecule is Cc1ccc(NC(=O)c2cccc(S(=O)(=O)N3C[C@@H](C)O[C@H](C)C3)c2)c(Cl)c1. The van der Waals surface area contributed by atoms with Crippen molar-refractivity contribution in [3.63, 3.8) is 0 Å². The van der Waals surface area contributed by atoms with Crippen LogP contribution < -0.4 is 5.32 Å². The van der Waals surface area contributed by atoms with E-state index in [0.717, 1.165) is 5.56 Å². The predicted molar refractivity (Wildman–Crippen MR) is 109 cm³/mol. The number of halogens is 1. The number of benzene rings is 2. The number of hydrogen-bond donors (Lipinski definition) is 1. The van der Waals surface area contributed by atoms with E-state index >= 15 is 0 Å². The second-order valence-electron chi connectivity index (χ2n) is 7.04. The Morgan fingerprint density at radius 1 is 1.14 bits per heavy atom. The van der Waals surface area contributed by atoms with E-state index in [1.807, 2.05) is 26.8 Å². The molecule has 0 aromatic heterocycles. The maximum Gasteiger partial charge on any atom is 0.255 e. The number of nitrogens with one attached hydrogen (secondary N) is 1. The number of nitrogens with zero attached hydrogens (tertiary/aromatic N) is 1. The average molecular weight is 423 g/mol. The first kappa shape index (κ1) is 20.8. The maximum absolute atomic E-state index is 13.0. The summed E-state index contributed by atoms with van der Waals surface area (Å²) in [6.07, 6.45) is -0.373. The van der Waals surface area contributed by atoms with Crippen LogP contribution in [0.1, 0.15) is 29.8 Å². The number of carbonyl (C=O) groups is 1. The Kier molecular flexibility index (Phi) is 6.09. The first-order chi connectivity index (χ1) is 13.2. The monoisotopic (exact) mass is 422 g/mol. The van der Waals surface area contributed by atoms with Crippen LogP contribution in [0, 0.1) is 6.92 Å². The Labute approximate surface area is 170 Å². The summed E-state index contributed by atoms with van der Waals surface area (Å²) in [7, 11) is -3.72. The van der Waals surface area contributed by atoms with Gasteiger partial charge in [0.2, 0.25) is 10.0 Å². The predicted octanol–water partition coefficient (Wildman–Crippen LogP) is 3.70. The van der Waals surface area contributed by atoms with Crippen molar-refractivity contribution in [2.75, 3.05) is 18.4 Å². The molecule has 0 bridgehead atoms. The van der Waals surface area contributed by atoms with Gasteiger partial charge in [-0.2, -0.15) is 4.31 Å². The van der Waals surface area contributed by atoms with E-state index in [0.29, 0.717) is 10.7 Å². The van der Waals surface area contributed by atoms with Crippen LogP contribution in [0.5, 0.6) is 0 Å². The summed E-state index contributed by atoms with van der Waals surface area (Å²) < 4.78 is 33.1. The Hall–Kier alpha value is -1.93. The Balaban J connectivity index is 1.84. The van der Waals surface area contributed by atoms with Crippen molar-refractivity contribution in [3.05, 3.63) is 58.6 Å². The number of morpholine rings is 1. The smallest absolute Gasteiger partial charge is 0.255 e. The van der Waals surface area contributed by atoms with E-state index in [1.165, 1.54) is 16.4 Å². The summed E-state index contributed by atoms with van der Waals surface area (Å²) in [5, 5.41) is 3.15. The summed E-state index contributed by atoms with van der Waals surface area (Å²) in [6.45, 7) is 6.14. The van der Waals surface area contributed by atoms with E-state index in [9.17, 15) is 13.2 Å². The molecule has 1 aliphatic rings. The molecule has 2 aromatic carbocycles. The lowest BCUT2D eigenvalue weighted by Gasteiger charge is -2.34. The molecule has 0 unspecified atom stereocenters. The molecule has 1 N–H and O–H groups in total. The van der Waals surface area contributed by atoms with Crippen molar-refractivity contribution in [1.82, 2.24) is 4.31 Å². The number of ether oxygens (including phenoxy) is 1. The summed E-state index contributed by atoms with van der Waals surface area (Å²) in [5.41, 5.74) is 1.69. The largest absolute Gasteiger partial charge is 0.373 e. The minimum atomic E-state index is -3.72. The minimum Gasteiger partial charge on any atom is -0.373 e. The van der Waals surface area contributed by atoms with Crippen LogP contribution in [0.3, 0.4) is 0 Å². The fourth-order valence-corrected chi connectivity index (χ4v) is 5.11. The minimum absolute atomic E-state index is 0.0800. The van der Waals surface area contributed by atoms with E-state index < -0.39 is 15.9 Å². The van der Waals surface area contributed by atoms with Crippen molar-refractivity contribution >= 4 is 33.2 Å². The van der Waals surface area contributed by atoms with Crippen LogP contribution in [-0.2, 0) is 14.8 Å². The van der Waals surface area contributed by atoms with Crippen LogP contribution in [0.15, 0.2) is 47.4 Å². The van der Waals surface area contributed by atoms with Gasteiger partial charge < -0.3 is 10.1 Å². The van der Waals surface area contributed by atoms with Gasteiger partial charge in [-0.25, -0.2) is 8.42 Å². The standard InChI is InChI=1S/C20H23ClN2O4S/c1-13-7-8-19(18(21)9-13)22-20(24)16-5-4-6-17(10-16)28(25,26)23-11-14(2)27-15(3)12-23/h4-10,14-15H,11-12H2,1-3H3,(H,22,24)/t14-,15-/m1/s1. The Morgan fingerprint density at radius 3 is 2.46 bits per heavy atom. The highest BCUT2D eigenvalue weighted by molar-refractivity contribution is 7.89. The van der Waals surface area contributed by atoms with Gasteiger partial charge in [0, 0.05) is 18.7 Å². The number of hydrogen-bond acceptors (Lipinski definition) is 4. The van der Waals surface area contributed by atoms with Gasteiger partial charge in [-0.15, -0.1) is 0 Å². The van der Waals surface area contributed by atoms with Crippen LogP contribution in [0.25, 0.3) is 0 Å². The fourth-order valence-electron chi connectivity index (χ4n) is 3.19. The normalized spacial score (nSPS) is 20.7. The molecule has 28 heavy (non-hydrogen) atoms. The highest BCUT2D eigenvalue weighted by atomic mass is 35.5. The molecule has 0 aliphatic carbocycles. The first-order valence-electron chi connectivity index (χ1n) is 9.00. The third-order valence-electron chi connectivity index (χ3n) is 4.49. The maximum atomic E-state index is 13.0. The first-order valence-corrected chi connectivity index (χ1v) is 10.8. The van der Waals surface area contributed by atoms with Crippen molar-refractivity contribution in [3.8, 4) is 0 Å². The van der Waals surface area contributed by atoms with Gasteiger partial charge in [0.05, 0.1) is 27.8 Å². The number of amides is 1. The third-order valence-corrected chi connectivity index (χ3v) is 6.63. The fraction of sp³-hybridized carbons (Fsp3) is 0.350. The average Bonchev–Trinajstić information content (AvgIpc) is 2.63. The van der Waals surface area contributed by atoms with E-state index in [2.05, 4.69) is 5.32 Å². The van der Waals surface area contributed by atoms with Gasteiger partial charge in [-0.1, -0.05) is 23.7 Å². The molecule has 0 spiro atoms. The lowest BCUT2D eigenvalue weighted by molar-refractivity contribution is -0.0440. The van der Waals surface area contributed by atoms with Gasteiger partial charge in [-0.3, -0.25) is 4.79 Å². The molecule has 0 saturated carbocycles. The zero-order chi connectivity index (χ0) is 20.5. The zero-order valence-corrected chi connectivity index (χ0v) is 17.5. The van der Waals surface area contributed by atoms with E-state index in [1.54, 1.807) is 24.3 Å². The highest BCUT2D eigenvalue weighted by Crippen LogP contribution is 2.25. The number of aryl methyl sites for hydroxylation is 1. The molecule has 2 aromatic rings. The van der Waals surface area contributed by atoms with Crippen molar-refractivity contribution in [1.29, 1.82) is 0 Å². The van der Waals surface area contributed by atoms with Crippen molar-refractivity contribution in [2.24, 2.45) is 0 Å². The molecule has 150 valence electrons. The van der Waals surface area contributed by atoms with Crippen LogP contribution in [-0.4, -0.2) is 43.9 Å². The van der Waals surface area contributed by atoms with Crippen molar-refractivity contribution in [2.45, 2.75) is 37.9 Å². The Morgan fingerprint density at radius 2 is 1.82 bits per heavy atom. The lowest BCUT2D eigenvalue weighted by Crippen LogP contribution is -2.48. The number of rotatable bonds is 4. The molecular formula is C20H23ClN2O4S. The molecule has 1 aliphatic heterocycles. The Bertz CT molecular complexity index is 983. The summed E-state index contributed by atoms with van der Waals surface area (Å²) >= 11 is 6.16. The quantitative estimate of drug-likeness (QED) is 0.815. The molecule has 6 nitrogen and oxygen atoms in total. The molecule has 2 atom stereocenters. The molecule has 8 heteroatoms. The number of sulfonamides is 1. The van der Waals surface area contributed by atoms with E-state index in [4.69, 9.17) is 16.3 Å². The second-order valence-corrected chi connectivity index (χ2v) is 9.39. The van der Waals surface area contributed by atoms with Crippen LogP contribution in [0.4, 0.5) is 5.69 Å². The molecular weight excluding hydrogens is 400 g/mol. The van der Waals surface area contributed by atoms with Gasteiger partial charge >= 0.3 is 0 Å². The molecule has 1 saturated heterocycles. The highest BCUT2D eigenvalue weighted by Gasteiger charge is 2.32. The van der Waals surface area contributed by atoms with E-state index in [-0.39, 0.29) is 35.8 Å². The second kappa shape index (κ2) is 8.21. The van der Waals surface area contributed by atoms with Crippen molar-refractivity contribution < 1.29 is 17.9 Å². The molecule has 0 radical (unpaired) electrons. The van der Waals surface area contributed by atoms with Crippen LogP contribution in [0.2, 0.25) is 5.02 Å². The third kappa shape index (κ3) is 4.55. The molecule has 3 rings (SSSR count). The van der Waals surface area contributed by atoms with Gasteiger partial charge in [0.15, 0.2) is 0 Å². The topological polar surface area (TPSA) is 75.7 Å². The number of carbonyl (C=O) groups excluding carboxylic acids is 1. The zero-order valence-electron chi connectivity index (χ0n) is 16.0. The number of anilines is 1. The van der Waals surface area contributed by atoms with Gasteiger partial charge in [0.25, 0.3) is 5.91 Å². The summed E-state index contributed by atoms with van der Waals surface area (Å²) in [4.78, 5) is 12.7. The molecule has 1 heterocycles. The van der Waals surface area contributed by atoms with Gasteiger partial charge in [0.1, 0.15) is 0 Å².